The molecule has 0 heterocycles. The van der Waals surface area contributed by atoms with Crippen LogP contribution in [0.1, 0.15) is 27.7 Å². The first-order chi connectivity index (χ1) is 5.85. The summed E-state index contributed by atoms with van der Waals surface area (Å²) in [6.45, 7) is 7.30. The van der Waals surface area contributed by atoms with Gasteiger partial charge in [0.25, 0.3) is 0 Å². The molecular formula is C11H16O2. The monoisotopic (exact) mass is 180 g/mol. The molecule has 13 heavy (non-hydrogen) atoms. The Morgan fingerprint density at radius 1 is 1.54 bits per heavy atom. The molecule has 0 aromatic carbocycles. The van der Waals surface area contributed by atoms with Crippen LogP contribution in [0.25, 0.3) is 0 Å². The smallest absolute Gasteiger partial charge is 0.330 e. The van der Waals surface area contributed by atoms with E-state index in [0.717, 1.165) is 0 Å². The lowest BCUT2D eigenvalue weighted by molar-refractivity contribution is -0.148. The number of hydrogen-bond acceptors (Lipinski definition) is 2. The summed E-state index contributed by atoms with van der Waals surface area (Å²) in [7, 11) is 0. The van der Waals surface area contributed by atoms with Crippen molar-refractivity contribution in [3.8, 4) is 12.3 Å². The highest BCUT2D eigenvalue weighted by Crippen LogP contribution is 2.07. The van der Waals surface area contributed by atoms with Gasteiger partial charge in [-0.25, -0.2) is 4.79 Å². The van der Waals surface area contributed by atoms with Crippen LogP contribution in [0.5, 0.6) is 0 Å². The number of carbonyl (C=O) groups excluding carboxylic acids is 1. The Hall–Kier alpha value is -1.23. The fraction of sp³-hybridized carbons (Fsp3) is 0.545. The van der Waals surface area contributed by atoms with Gasteiger partial charge in [-0.1, -0.05) is 12.0 Å². The normalized spacial score (nSPS) is 13.8. The Bertz CT molecular complexity index is 238. The fourth-order valence-electron chi connectivity index (χ4n) is 0.614. The number of terminal acetylenes is 1. The van der Waals surface area contributed by atoms with Crippen LogP contribution in [-0.2, 0) is 9.53 Å². The van der Waals surface area contributed by atoms with Crippen LogP contribution < -0.4 is 0 Å². The van der Waals surface area contributed by atoms with E-state index < -0.39 is 5.60 Å². The molecule has 0 aliphatic carbocycles. The Balaban J connectivity index is 4.04. The highest BCUT2D eigenvalue weighted by atomic mass is 16.6. The largest absolute Gasteiger partial charge is 0.457 e. The van der Waals surface area contributed by atoms with Crippen LogP contribution in [0.15, 0.2) is 12.2 Å². The Morgan fingerprint density at radius 3 is 2.46 bits per heavy atom. The maximum absolute atomic E-state index is 11.1. The number of ether oxygens (including phenoxy) is 1. The molecule has 1 unspecified atom stereocenters. The van der Waals surface area contributed by atoms with Crippen molar-refractivity contribution in [1.29, 1.82) is 0 Å². The highest BCUT2D eigenvalue weighted by molar-refractivity contribution is 5.82. The van der Waals surface area contributed by atoms with Crippen molar-refractivity contribution in [2.45, 2.75) is 33.3 Å². The second-order valence-corrected chi connectivity index (χ2v) is 3.85. The van der Waals surface area contributed by atoms with E-state index in [9.17, 15) is 4.79 Å². The molecule has 0 bridgehead atoms. The third-order valence-electron chi connectivity index (χ3n) is 1.19. The minimum atomic E-state index is -0.444. The van der Waals surface area contributed by atoms with Crippen LogP contribution in [0.2, 0.25) is 0 Å². The molecule has 0 N–H and O–H groups in total. The van der Waals surface area contributed by atoms with Crippen molar-refractivity contribution in [1.82, 2.24) is 0 Å². The average Bonchev–Trinajstić information content (AvgIpc) is 1.97. The van der Waals surface area contributed by atoms with Crippen molar-refractivity contribution in [3.05, 3.63) is 12.2 Å². The zero-order valence-electron chi connectivity index (χ0n) is 8.63. The molecule has 0 aromatic heterocycles. The zero-order chi connectivity index (χ0) is 10.5. The van der Waals surface area contributed by atoms with Gasteiger partial charge in [0.05, 0.1) is 0 Å². The van der Waals surface area contributed by atoms with Gasteiger partial charge in [0.15, 0.2) is 0 Å². The lowest BCUT2D eigenvalue weighted by Crippen LogP contribution is -2.22. The summed E-state index contributed by atoms with van der Waals surface area (Å²) in [5.41, 5.74) is -0.444. The molecule has 0 rings (SSSR count). The Morgan fingerprint density at radius 2 is 2.08 bits per heavy atom. The van der Waals surface area contributed by atoms with Gasteiger partial charge in [0, 0.05) is 12.0 Å². The molecule has 0 saturated carbocycles. The number of esters is 1. The number of hydrogen-bond donors (Lipinski definition) is 0. The van der Waals surface area contributed by atoms with Crippen molar-refractivity contribution in [2.75, 3.05) is 0 Å². The van der Waals surface area contributed by atoms with Crippen molar-refractivity contribution < 1.29 is 9.53 Å². The topological polar surface area (TPSA) is 26.3 Å². The first-order valence-electron chi connectivity index (χ1n) is 4.22. The molecule has 0 amide bonds. The molecule has 0 spiro atoms. The molecule has 2 heteroatoms. The lowest BCUT2D eigenvalue weighted by atomic mass is 10.2. The lowest BCUT2D eigenvalue weighted by Gasteiger charge is -2.17. The standard InChI is InChI=1S/C11H16O2/c1-6-9(2)7-8-10(12)13-11(3,4)5/h1,7-9H,2-5H3. The van der Waals surface area contributed by atoms with E-state index in [1.807, 2.05) is 27.7 Å². The molecule has 0 aliphatic rings. The second kappa shape index (κ2) is 4.71. The zero-order valence-corrected chi connectivity index (χ0v) is 8.63. The third kappa shape index (κ3) is 7.14. The van der Waals surface area contributed by atoms with Crippen molar-refractivity contribution in [3.63, 3.8) is 0 Å². The molecule has 0 radical (unpaired) electrons. The van der Waals surface area contributed by atoms with Crippen LogP contribution in [0, 0.1) is 18.3 Å². The van der Waals surface area contributed by atoms with E-state index >= 15 is 0 Å². The number of rotatable bonds is 2. The van der Waals surface area contributed by atoms with Gasteiger partial charge in [-0.2, -0.15) is 0 Å². The predicted octanol–water partition coefficient (Wildman–Crippen LogP) is 2.15. The maximum atomic E-state index is 11.1. The molecule has 0 fully saturated rings. The van der Waals surface area contributed by atoms with E-state index in [1.54, 1.807) is 6.08 Å². The molecular weight excluding hydrogens is 164 g/mol. The van der Waals surface area contributed by atoms with Crippen molar-refractivity contribution >= 4 is 5.97 Å². The molecule has 0 saturated heterocycles. The second-order valence-electron chi connectivity index (χ2n) is 3.85. The van der Waals surface area contributed by atoms with E-state index in [2.05, 4.69) is 5.92 Å². The van der Waals surface area contributed by atoms with Gasteiger partial charge in [0.2, 0.25) is 0 Å². The van der Waals surface area contributed by atoms with Gasteiger partial charge >= 0.3 is 5.97 Å². The fourth-order valence-corrected chi connectivity index (χ4v) is 0.614. The van der Waals surface area contributed by atoms with Gasteiger partial charge < -0.3 is 4.74 Å². The third-order valence-corrected chi connectivity index (χ3v) is 1.19. The Kier molecular flexibility index (Phi) is 4.27. The number of carbonyl (C=O) groups is 1. The summed E-state index contributed by atoms with van der Waals surface area (Å²) >= 11 is 0. The van der Waals surface area contributed by atoms with Gasteiger partial charge in [-0.05, 0) is 27.7 Å². The summed E-state index contributed by atoms with van der Waals surface area (Å²) in [5, 5.41) is 0. The van der Waals surface area contributed by atoms with E-state index in [1.165, 1.54) is 6.08 Å². The van der Waals surface area contributed by atoms with Crippen LogP contribution in [0.3, 0.4) is 0 Å². The minimum Gasteiger partial charge on any atom is -0.457 e. The van der Waals surface area contributed by atoms with E-state index in [4.69, 9.17) is 11.2 Å². The molecule has 72 valence electrons. The SMILES string of the molecule is C#CC(C)C=CC(=O)OC(C)(C)C. The average molecular weight is 180 g/mol. The first kappa shape index (κ1) is 11.8. The quantitative estimate of drug-likeness (QED) is 0.370. The van der Waals surface area contributed by atoms with Crippen LogP contribution in [0.4, 0.5) is 0 Å². The predicted molar refractivity (Wildman–Crippen MR) is 53.0 cm³/mol. The number of allylic oxidation sites excluding steroid dienone is 1. The molecule has 2 nitrogen and oxygen atoms in total. The van der Waals surface area contributed by atoms with Gasteiger partial charge in [-0.15, -0.1) is 6.42 Å². The first-order valence-corrected chi connectivity index (χ1v) is 4.22. The van der Waals surface area contributed by atoms with Gasteiger partial charge in [0.1, 0.15) is 5.60 Å². The van der Waals surface area contributed by atoms with Gasteiger partial charge in [-0.3, -0.25) is 0 Å². The van der Waals surface area contributed by atoms with Crippen LogP contribution in [-0.4, -0.2) is 11.6 Å². The summed E-state index contributed by atoms with van der Waals surface area (Å²) in [6.07, 6.45) is 8.15. The Labute approximate surface area is 80.0 Å². The molecule has 0 aliphatic heterocycles. The van der Waals surface area contributed by atoms with E-state index in [0.29, 0.717) is 0 Å². The maximum Gasteiger partial charge on any atom is 0.330 e. The molecule has 0 aromatic rings. The highest BCUT2D eigenvalue weighted by Gasteiger charge is 2.13. The minimum absolute atomic E-state index is 0.0347. The van der Waals surface area contributed by atoms with Crippen LogP contribution >= 0.6 is 0 Å². The summed E-state index contributed by atoms with van der Waals surface area (Å²) in [6, 6.07) is 0. The molecule has 1 atom stereocenters. The summed E-state index contributed by atoms with van der Waals surface area (Å²) in [5.74, 6) is 2.10. The summed E-state index contributed by atoms with van der Waals surface area (Å²) < 4.78 is 5.04. The van der Waals surface area contributed by atoms with E-state index in [-0.39, 0.29) is 11.9 Å². The summed E-state index contributed by atoms with van der Waals surface area (Å²) in [4.78, 5) is 11.1. The van der Waals surface area contributed by atoms with Crippen molar-refractivity contribution in [2.24, 2.45) is 5.92 Å².